The molecule has 0 aromatic heterocycles. The highest BCUT2D eigenvalue weighted by Crippen LogP contribution is 2.30. The van der Waals surface area contributed by atoms with Gasteiger partial charge in [0.2, 0.25) is 15.9 Å². The fraction of sp³-hybridized carbons (Fsp3) is 0.364. The minimum absolute atomic E-state index is 0.420. The predicted octanol–water partition coefficient (Wildman–Crippen LogP) is -0.0305. The maximum atomic E-state index is 14.0. The molecule has 1 aromatic rings. The molecule has 0 heterocycles. The fourth-order valence-electron chi connectivity index (χ4n) is 1.81. The van der Waals surface area contributed by atoms with Crippen molar-refractivity contribution in [1.82, 2.24) is 5.32 Å². The number of carbonyl (C=O) groups is 1. The van der Waals surface area contributed by atoms with Gasteiger partial charge in [0, 0.05) is 19.0 Å². The average molecular weight is 374 g/mol. The predicted molar refractivity (Wildman–Crippen MR) is 73.2 cm³/mol. The average Bonchev–Trinajstić information content (AvgIpc) is 2.34. The van der Waals surface area contributed by atoms with Gasteiger partial charge in [-0.15, -0.1) is 0 Å². The summed E-state index contributed by atoms with van der Waals surface area (Å²) in [4.78, 5) is 7.63. The minimum Gasteiger partial charge on any atom is -0.355 e. The van der Waals surface area contributed by atoms with E-state index in [9.17, 15) is 34.8 Å². The summed E-state index contributed by atoms with van der Waals surface area (Å²) in [5.74, 6) is -7.44. The number of halogens is 3. The van der Waals surface area contributed by atoms with Gasteiger partial charge in [-0.05, 0) is 6.92 Å². The van der Waals surface area contributed by atoms with Crippen LogP contribution in [0.15, 0.2) is 9.79 Å². The molecule has 1 amide bonds. The summed E-state index contributed by atoms with van der Waals surface area (Å²) >= 11 is 0. The second-order valence-electron chi connectivity index (χ2n) is 4.57. The maximum absolute atomic E-state index is 14.0. The highest BCUT2D eigenvalue weighted by Gasteiger charge is 2.34. The van der Waals surface area contributed by atoms with Gasteiger partial charge in [0.15, 0.2) is 32.2 Å². The monoisotopic (exact) mass is 374 g/mol. The Balaban J connectivity index is 3.54. The van der Waals surface area contributed by atoms with E-state index in [-0.39, 0.29) is 0 Å². The van der Waals surface area contributed by atoms with Crippen LogP contribution >= 0.6 is 0 Å². The van der Waals surface area contributed by atoms with E-state index in [1.165, 1.54) is 0 Å². The first-order valence-electron chi connectivity index (χ1n) is 5.97. The molecule has 1 rings (SSSR count). The molecule has 130 valence electrons. The molecule has 0 radical (unpaired) electrons. The summed E-state index contributed by atoms with van der Waals surface area (Å²) in [6.07, 6.45) is 0. The first-order valence-corrected chi connectivity index (χ1v) is 9.17. The number of nitrogens with two attached hydrogens (primary N) is 1. The highest BCUT2D eigenvalue weighted by atomic mass is 32.2. The summed E-state index contributed by atoms with van der Waals surface area (Å²) in [5.41, 5.74) is -0.921. The standard InChI is InChI=1S/C11H13F3N2O5S2/c1-5-7(12)11(23(15,20)21)9(14)8(13)10(5)22(18,19)4-3-16-6(2)17/h3-4H2,1-2H3,(H,16,17)(H2,15,20,21). The van der Waals surface area contributed by atoms with Gasteiger partial charge in [-0.2, -0.15) is 0 Å². The van der Waals surface area contributed by atoms with Crippen LogP contribution in [0.25, 0.3) is 0 Å². The van der Waals surface area contributed by atoms with E-state index in [1.807, 2.05) is 0 Å². The lowest BCUT2D eigenvalue weighted by molar-refractivity contribution is -0.118. The van der Waals surface area contributed by atoms with Gasteiger partial charge in [0.25, 0.3) is 0 Å². The molecule has 0 saturated carbocycles. The van der Waals surface area contributed by atoms with Crippen molar-refractivity contribution in [1.29, 1.82) is 0 Å². The molecule has 0 unspecified atom stereocenters. The topological polar surface area (TPSA) is 123 Å². The zero-order valence-electron chi connectivity index (χ0n) is 12.0. The second kappa shape index (κ2) is 6.45. The number of nitrogens with one attached hydrogen (secondary N) is 1. The van der Waals surface area contributed by atoms with Gasteiger partial charge in [0.1, 0.15) is 4.90 Å². The quantitative estimate of drug-likeness (QED) is 0.701. The summed E-state index contributed by atoms with van der Waals surface area (Å²) < 4.78 is 88.0. The van der Waals surface area contributed by atoms with Crippen molar-refractivity contribution in [3.63, 3.8) is 0 Å². The van der Waals surface area contributed by atoms with Crippen molar-refractivity contribution in [2.24, 2.45) is 5.14 Å². The number of carbonyl (C=O) groups excluding carboxylic acids is 1. The molecule has 23 heavy (non-hydrogen) atoms. The van der Waals surface area contributed by atoms with Crippen molar-refractivity contribution in [3.8, 4) is 0 Å². The molecule has 7 nitrogen and oxygen atoms in total. The van der Waals surface area contributed by atoms with Crippen LogP contribution in [0.3, 0.4) is 0 Å². The molecule has 1 aromatic carbocycles. The molecular weight excluding hydrogens is 361 g/mol. The fourth-order valence-corrected chi connectivity index (χ4v) is 4.05. The van der Waals surface area contributed by atoms with Crippen molar-refractivity contribution in [3.05, 3.63) is 23.0 Å². The Morgan fingerprint density at radius 3 is 1.96 bits per heavy atom. The summed E-state index contributed by atoms with van der Waals surface area (Å²) in [6, 6.07) is 0. The molecular formula is C11H13F3N2O5S2. The Labute approximate surface area is 130 Å². The maximum Gasteiger partial charge on any atom is 0.244 e. The van der Waals surface area contributed by atoms with Crippen LogP contribution in [-0.4, -0.2) is 35.0 Å². The van der Waals surface area contributed by atoms with Gasteiger partial charge >= 0.3 is 0 Å². The number of sulfone groups is 1. The van der Waals surface area contributed by atoms with Crippen molar-refractivity contribution < 1.29 is 34.8 Å². The SMILES string of the molecule is CC(=O)NCCS(=O)(=O)c1c(C)c(F)c(S(N)(=O)=O)c(F)c1F. The normalized spacial score (nSPS) is 12.3. The lowest BCUT2D eigenvalue weighted by atomic mass is 10.2. The molecule has 0 fully saturated rings. The summed E-state index contributed by atoms with van der Waals surface area (Å²) in [5, 5.41) is 6.73. The van der Waals surface area contributed by atoms with Crippen molar-refractivity contribution in [2.45, 2.75) is 23.6 Å². The van der Waals surface area contributed by atoms with Crippen LogP contribution < -0.4 is 10.5 Å². The number of primary sulfonamides is 1. The third-order valence-corrected chi connectivity index (χ3v) is 5.58. The third kappa shape index (κ3) is 4.00. The number of hydrogen-bond acceptors (Lipinski definition) is 5. The van der Waals surface area contributed by atoms with Gasteiger partial charge < -0.3 is 5.32 Å². The number of hydrogen-bond donors (Lipinski definition) is 2. The molecule has 0 spiro atoms. The Kier molecular flexibility index (Phi) is 5.44. The van der Waals surface area contributed by atoms with E-state index in [2.05, 4.69) is 10.5 Å². The zero-order valence-corrected chi connectivity index (χ0v) is 13.6. The molecule has 0 aliphatic carbocycles. The van der Waals surface area contributed by atoms with E-state index in [0.29, 0.717) is 0 Å². The third-order valence-electron chi connectivity index (χ3n) is 2.80. The van der Waals surface area contributed by atoms with Crippen LogP contribution in [-0.2, 0) is 24.7 Å². The van der Waals surface area contributed by atoms with Gasteiger partial charge in [-0.3, -0.25) is 4.79 Å². The number of rotatable bonds is 5. The largest absolute Gasteiger partial charge is 0.355 e. The van der Waals surface area contributed by atoms with Gasteiger partial charge in [-0.1, -0.05) is 0 Å². The van der Waals surface area contributed by atoms with E-state index in [0.717, 1.165) is 13.8 Å². The molecule has 0 aliphatic rings. The smallest absolute Gasteiger partial charge is 0.244 e. The molecule has 0 saturated heterocycles. The lowest BCUT2D eigenvalue weighted by Gasteiger charge is -2.13. The van der Waals surface area contributed by atoms with Crippen LogP contribution in [0.2, 0.25) is 0 Å². The van der Waals surface area contributed by atoms with E-state index < -0.39 is 70.9 Å². The zero-order chi connectivity index (χ0) is 18.2. The summed E-state index contributed by atoms with van der Waals surface area (Å²) in [6.45, 7) is 1.47. The molecule has 0 aliphatic heterocycles. The van der Waals surface area contributed by atoms with E-state index in [4.69, 9.17) is 0 Å². The van der Waals surface area contributed by atoms with Crippen LogP contribution in [0.4, 0.5) is 13.2 Å². The lowest BCUT2D eigenvalue weighted by Crippen LogP contribution is -2.28. The number of sulfonamides is 1. The first-order chi connectivity index (χ1) is 10.3. The van der Waals surface area contributed by atoms with Crippen molar-refractivity contribution >= 4 is 25.8 Å². The van der Waals surface area contributed by atoms with Crippen LogP contribution in [0.1, 0.15) is 12.5 Å². The summed E-state index contributed by atoms with van der Waals surface area (Å²) in [7, 11) is -9.47. The van der Waals surface area contributed by atoms with Crippen molar-refractivity contribution in [2.75, 3.05) is 12.3 Å². The van der Waals surface area contributed by atoms with Gasteiger partial charge in [-0.25, -0.2) is 35.1 Å². The Morgan fingerprint density at radius 1 is 1.04 bits per heavy atom. The Bertz CT molecular complexity index is 837. The minimum atomic E-state index is -4.94. The Hall–Kier alpha value is -1.66. The van der Waals surface area contributed by atoms with E-state index >= 15 is 0 Å². The molecule has 0 atom stereocenters. The Morgan fingerprint density at radius 2 is 1.52 bits per heavy atom. The number of benzene rings is 1. The highest BCUT2D eigenvalue weighted by molar-refractivity contribution is 7.91. The van der Waals surface area contributed by atoms with E-state index in [1.54, 1.807) is 0 Å². The van der Waals surface area contributed by atoms with Crippen LogP contribution in [0, 0.1) is 24.4 Å². The first kappa shape index (κ1) is 19.4. The van der Waals surface area contributed by atoms with Gasteiger partial charge in [0.05, 0.1) is 5.75 Å². The molecule has 12 heteroatoms. The number of amides is 1. The molecule has 0 bridgehead atoms. The molecule has 3 N–H and O–H groups in total. The van der Waals surface area contributed by atoms with Crippen LogP contribution in [0.5, 0.6) is 0 Å². The second-order valence-corrected chi connectivity index (χ2v) is 8.12.